The van der Waals surface area contributed by atoms with Crippen LogP contribution in [0, 0.1) is 23.3 Å². The second kappa shape index (κ2) is 7.06. The van der Waals surface area contributed by atoms with Gasteiger partial charge in [0.2, 0.25) is 0 Å². The van der Waals surface area contributed by atoms with Gasteiger partial charge in [0.05, 0.1) is 19.3 Å². The SMILES string of the molecule is OC(CNc1c(F)c(F)cc(F)c1F)CN1CCOCC1. The number of morpholine rings is 1. The van der Waals surface area contributed by atoms with E-state index in [2.05, 4.69) is 5.32 Å². The van der Waals surface area contributed by atoms with Crippen molar-refractivity contribution >= 4 is 5.69 Å². The maximum absolute atomic E-state index is 13.4. The third-order valence-electron chi connectivity index (χ3n) is 3.20. The van der Waals surface area contributed by atoms with Gasteiger partial charge < -0.3 is 15.2 Å². The molecule has 0 amide bonds. The number of aliphatic hydroxyl groups is 1. The maximum atomic E-state index is 13.4. The van der Waals surface area contributed by atoms with Crippen LogP contribution in [-0.2, 0) is 4.74 Å². The van der Waals surface area contributed by atoms with Crippen LogP contribution in [0.3, 0.4) is 0 Å². The number of nitrogens with one attached hydrogen (secondary N) is 1. The molecule has 4 nitrogen and oxygen atoms in total. The van der Waals surface area contributed by atoms with Gasteiger partial charge in [-0.1, -0.05) is 0 Å². The van der Waals surface area contributed by atoms with E-state index >= 15 is 0 Å². The van der Waals surface area contributed by atoms with Gasteiger partial charge in [0.1, 0.15) is 5.69 Å². The largest absolute Gasteiger partial charge is 0.390 e. The van der Waals surface area contributed by atoms with Crippen molar-refractivity contribution in [1.82, 2.24) is 4.90 Å². The van der Waals surface area contributed by atoms with Crippen molar-refractivity contribution in [3.05, 3.63) is 29.3 Å². The zero-order chi connectivity index (χ0) is 15.4. The number of hydrogen-bond acceptors (Lipinski definition) is 4. The minimum atomic E-state index is -1.51. The molecule has 0 spiro atoms. The third kappa shape index (κ3) is 4.05. The molecule has 1 heterocycles. The highest BCUT2D eigenvalue weighted by Gasteiger charge is 2.20. The summed E-state index contributed by atoms with van der Waals surface area (Å²) in [6.45, 7) is 2.45. The average Bonchev–Trinajstić information content (AvgIpc) is 2.46. The maximum Gasteiger partial charge on any atom is 0.185 e. The number of nitrogens with zero attached hydrogens (tertiary/aromatic N) is 1. The molecule has 8 heteroatoms. The summed E-state index contributed by atoms with van der Waals surface area (Å²) >= 11 is 0. The second-order valence-electron chi connectivity index (χ2n) is 4.79. The zero-order valence-corrected chi connectivity index (χ0v) is 11.2. The highest BCUT2D eigenvalue weighted by molar-refractivity contribution is 5.47. The van der Waals surface area contributed by atoms with Gasteiger partial charge in [0.25, 0.3) is 0 Å². The monoisotopic (exact) mass is 308 g/mol. The number of halogens is 4. The fourth-order valence-corrected chi connectivity index (χ4v) is 2.09. The molecule has 1 atom stereocenters. The number of anilines is 1. The van der Waals surface area contributed by atoms with Crippen LogP contribution in [0.15, 0.2) is 6.07 Å². The van der Waals surface area contributed by atoms with Crippen molar-refractivity contribution in [3.8, 4) is 0 Å². The van der Waals surface area contributed by atoms with Gasteiger partial charge in [-0.2, -0.15) is 0 Å². The number of aliphatic hydroxyl groups excluding tert-OH is 1. The lowest BCUT2D eigenvalue weighted by molar-refractivity contribution is 0.0171. The first-order valence-corrected chi connectivity index (χ1v) is 6.54. The van der Waals surface area contributed by atoms with Gasteiger partial charge in [-0.05, 0) is 0 Å². The molecule has 1 aromatic carbocycles. The summed E-state index contributed by atoms with van der Waals surface area (Å²) in [5.41, 5.74) is -0.909. The van der Waals surface area contributed by atoms with E-state index in [4.69, 9.17) is 4.74 Å². The standard InChI is InChI=1S/C13H16F4N2O2/c14-9-5-10(15)12(17)13(11(9)16)18-6-8(20)7-19-1-3-21-4-2-19/h5,8,18,20H,1-4,6-7H2. The lowest BCUT2D eigenvalue weighted by Crippen LogP contribution is -2.42. The van der Waals surface area contributed by atoms with E-state index in [1.54, 1.807) is 0 Å². The van der Waals surface area contributed by atoms with Crippen molar-refractivity contribution in [2.45, 2.75) is 6.10 Å². The Labute approximate surface area is 119 Å². The quantitative estimate of drug-likeness (QED) is 0.637. The van der Waals surface area contributed by atoms with Gasteiger partial charge in [0, 0.05) is 32.2 Å². The van der Waals surface area contributed by atoms with Gasteiger partial charge in [0.15, 0.2) is 23.3 Å². The molecule has 0 radical (unpaired) electrons. The summed E-state index contributed by atoms with van der Waals surface area (Å²) in [5.74, 6) is -5.99. The van der Waals surface area contributed by atoms with Crippen LogP contribution in [0.2, 0.25) is 0 Å². The highest BCUT2D eigenvalue weighted by atomic mass is 19.2. The smallest absolute Gasteiger partial charge is 0.185 e. The first-order chi connectivity index (χ1) is 9.99. The van der Waals surface area contributed by atoms with Crippen LogP contribution in [0.4, 0.5) is 23.2 Å². The van der Waals surface area contributed by atoms with Crippen LogP contribution in [0.1, 0.15) is 0 Å². The molecule has 1 fully saturated rings. The molecular formula is C13H16F4N2O2. The first-order valence-electron chi connectivity index (χ1n) is 6.54. The highest BCUT2D eigenvalue weighted by Crippen LogP contribution is 2.24. The third-order valence-corrected chi connectivity index (χ3v) is 3.20. The number of ether oxygens (including phenoxy) is 1. The van der Waals surface area contributed by atoms with E-state index in [1.165, 1.54) is 0 Å². The molecule has 21 heavy (non-hydrogen) atoms. The minimum absolute atomic E-state index is 0.139. The van der Waals surface area contributed by atoms with Crippen LogP contribution in [-0.4, -0.2) is 55.5 Å². The van der Waals surface area contributed by atoms with Gasteiger partial charge in [-0.3, -0.25) is 4.90 Å². The average molecular weight is 308 g/mol. The predicted octanol–water partition coefficient (Wildman–Crippen LogP) is 1.35. The van der Waals surface area contributed by atoms with Crippen molar-refractivity contribution < 1.29 is 27.4 Å². The van der Waals surface area contributed by atoms with Crippen molar-refractivity contribution in [3.63, 3.8) is 0 Å². The summed E-state index contributed by atoms with van der Waals surface area (Å²) in [7, 11) is 0. The lowest BCUT2D eigenvalue weighted by Gasteiger charge is -2.28. The molecule has 0 saturated carbocycles. The topological polar surface area (TPSA) is 44.7 Å². The summed E-state index contributed by atoms with van der Waals surface area (Å²) in [6, 6.07) is 0.139. The summed E-state index contributed by atoms with van der Waals surface area (Å²) in [5, 5.41) is 12.0. The summed E-state index contributed by atoms with van der Waals surface area (Å²) < 4.78 is 58.0. The van der Waals surface area contributed by atoms with E-state index in [9.17, 15) is 22.7 Å². The Hall–Kier alpha value is -1.38. The molecule has 1 saturated heterocycles. The number of hydrogen-bond donors (Lipinski definition) is 2. The van der Waals surface area contributed by atoms with Crippen LogP contribution >= 0.6 is 0 Å². The second-order valence-corrected chi connectivity index (χ2v) is 4.79. The number of benzene rings is 1. The Morgan fingerprint density at radius 3 is 2.29 bits per heavy atom. The van der Waals surface area contributed by atoms with Gasteiger partial charge in [-0.25, -0.2) is 17.6 Å². The molecule has 1 aromatic rings. The fourth-order valence-electron chi connectivity index (χ4n) is 2.09. The molecule has 1 aliphatic rings. The molecule has 2 N–H and O–H groups in total. The van der Waals surface area contributed by atoms with E-state index < -0.39 is 35.1 Å². The first kappa shape index (κ1) is 16.0. The minimum Gasteiger partial charge on any atom is -0.390 e. The molecule has 2 rings (SSSR count). The molecule has 0 aliphatic carbocycles. The Bertz CT molecular complexity index is 469. The molecule has 0 bridgehead atoms. The lowest BCUT2D eigenvalue weighted by atomic mass is 10.2. The summed E-state index contributed by atoms with van der Waals surface area (Å²) in [4.78, 5) is 1.93. The van der Waals surface area contributed by atoms with Gasteiger partial charge >= 0.3 is 0 Å². The van der Waals surface area contributed by atoms with Gasteiger partial charge in [-0.15, -0.1) is 0 Å². The molecular weight excluding hydrogens is 292 g/mol. The van der Waals surface area contributed by atoms with Crippen LogP contribution in [0.5, 0.6) is 0 Å². The number of β-amino-alcohol motifs (C(OH)–C–C–N with tert-alkyl or cyclic N) is 1. The van der Waals surface area contributed by atoms with E-state index in [1.807, 2.05) is 4.90 Å². The Morgan fingerprint density at radius 1 is 1.14 bits per heavy atom. The van der Waals surface area contributed by atoms with Crippen molar-refractivity contribution in [1.29, 1.82) is 0 Å². The van der Waals surface area contributed by atoms with Crippen LogP contribution < -0.4 is 5.32 Å². The summed E-state index contributed by atoms with van der Waals surface area (Å²) in [6.07, 6.45) is -0.937. The molecule has 1 unspecified atom stereocenters. The van der Waals surface area contributed by atoms with Crippen molar-refractivity contribution in [2.24, 2.45) is 0 Å². The van der Waals surface area contributed by atoms with Crippen LogP contribution in [0.25, 0.3) is 0 Å². The van der Waals surface area contributed by atoms with E-state index in [0.717, 1.165) is 0 Å². The Morgan fingerprint density at radius 2 is 1.71 bits per heavy atom. The molecule has 0 aromatic heterocycles. The number of rotatable bonds is 5. The van der Waals surface area contributed by atoms with E-state index in [-0.39, 0.29) is 19.2 Å². The normalized spacial score (nSPS) is 17.8. The van der Waals surface area contributed by atoms with Crippen molar-refractivity contribution in [2.75, 3.05) is 44.7 Å². The predicted molar refractivity (Wildman–Crippen MR) is 68.0 cm³/mol. The fraction of sp³-hybridized carbons (Fsp3) is 0.538. The molecule has 1 aliphatic heterocycles. The van der Waals surface area contributed by atoms with E-state index in [0.29, 0.717) is 26.3 Å². The zero-order valence-electron chi connectivity index (χ0n) is 11.2. The Kier molecular flexibility index (Phi) is 5.38. The molecule has 118 valence electrons. The Balaban J connectivity index is 1.93.